The fourth-order valence-electron chi connectivity index (χ4n) is 2.03. The first-order valence-electron chi connectivity index (χ1n) is 5.43. The second-order valence-electron chi connectivity index (χ2n) is 3.61. The van der Waals surface area contributed by atoms with E-state index in [1.54, 1.807) is 22.7 Å². The van der Waals surface area contributed by atoms with Gasteiger partial charge >= 0.3 is 0 Å². The second kappa shape index (κ2) is 4.86. The van der Waals surface area contributed by atoms with E-state index >= 15 is 0 Å². The molecule has 1 aromatic carbocycles. The summed E-state index contributed by atoms with van der Waals surface area (Å²) in [5, 5.41) is 6.09. The molecule has 2 aromatic heterocycles. The largest absolute Gasteiger partial charge is 0.501 e. The average Bonchev–Trinajstić information content (AvgIpc) is 3.01. The molecule has 0 atom stereocenters. The summed E-state index contributed by atoms with van der Waals surface area (Å²) < 4.78 is 13.3. The Balaban J connectivity index is 2.40. The molecule has 4 radical (unpaired) electrons. The Morgan fingerprint density at radius 3 is 1.67 bits per heavy atom. The van der Waals surface area contributed by atoms with Crippen molar-refractivity contribution < 1.29 is 9.47 Å². The van der Waals surface area contributed by atoms with Gasteiger partial charge in [0.05, 0.1) is 9.40 Å². The highest BCUT2D eigenvalue weighted by atomic mass is 32.1. The van der Waals surface area contributed by atoms with Gasteiger partial charge in [-0.1, -0.05) is 0 Å². The van der Waals surface area contributed by atoms with Crippen molar-refractivity contribution in [3.63, 3.8) is 0 Å². The van der Waals surface area contributed by atoms with Crippen LogP contribution in [-0.2, 0) is 0 Å². The summed E-state index contributed by atoms with van der Waals surface area (Å²) in [5.74, 6) is 1.67. The summed E-state index contributed by atoms with van der Waals surface area (Å²) in [6.45, 7) is 0.323. The van der Waals surface area contributed by atoms with Crippen molar-refractivity contribution in [2.75, 3.05) is 13.0 Å². The first kappa shape index (κ1) is 11.9. The first-order valence-corrected chi connectivity index (χ1v) is 7.19. The van der Waals surface area contributed by atoms with Crippen LogP contribution in [0.3, 0.4) is 0 Å². The summed E-state index contributed by atoms with van der Waals surface area (Å²) in [6.07, 6.45) is 0. The van der Waals surface area contributed by atoms with Gasteiger partial charge in [-0.25, -0.2) is 0 Å². The highest BCUT2D eigenvalue weighted by Crippen LogP contribution is 2.47. The Kier molecular flexibility index (Phi) is 3.22. The molecule has 0 aliphatic heterocycles. The molecule has 0 N–H and O–H groups in total. The fraction of sp³-hybridized carbons (Fsp3) is 0.167. The predicted octanol–water partition coefficient (Wildman–Crippen LogP) is 3.13. The lowest BCUT2D eigenvalue weighted by atomic mass is 10.1. The van der Waals surface area contributed by atoms with E-state index < -0.39 is 0 Å². The van der Waals surface area contributed by atoms with Gasteiger partial charge in [0.15, 0.2) is 0 Å². The Morgan fingerprint density at radius 1 is 0.833 bits per heavy atom. The van der Waals surface area contributed by atoms with Crippen LogP contribution >= 0.6 is 22.7 Å². The number of ether oxygens (including phenoxy) is 2. The highest BCUT2D eigenvalue weighted by Gasteiger charge is 2.17. The van der Waals surface area contributed by atoms with Crippen LogP contribution in [-0.4, -0.2) is 28.7 Å². The van der Waals surface area contributed by atoms with Gasteiger partial charge in [0.25, 0.3) is 0 Å². The zero-order valence-electron chi connectivity index (χ0n) is 9.51. The summed E-state index contributed by atoms with van der Waals surface area (Å²) in [7, 11) is 11.0. The zero-order valence-corrected chi connectivity index (χ0v) is 11.1. The molecule has 0 spiro atoms. The maximum absolute atomic E-state index is 5.59. The summed E-state index contributed by atoms with van der Waals surface area (Å²) >= 11 is 3.23. The molecule has 0 amide bonds. The van der Waals surface area contributed by atoms with Crippen molar-refractivity contribution in [2.45, 2.75) is 0 Å². The summed E-state index contributed by atoms with van der Waals surface area (Å²) in [4.78, 5) is 0. The Bertz CT molecular complexity index is 583. The van der Waals surface area contributed by atoms with Gasteiger partial charge in [0.1, 0.15) is 27.2 Å². The molecule has 0 saturated heterocycles. The standard InChI is InChI=1S/C12H8B2O2S2/c13-5-15-9-7-1-3-17-11(7)10(16-6-14)8-2-4-18-12(8)9/h1-4H,5-6H2. The van der Waals surface area contributed by atoms with Crippen LogP contribution in [0.1, 0.15) is 0 Å². The highest BCUT2D eigenvalue weighted by molar-refractivity contribution is 7.19. The quantitative estimate of drug-likeness (QED) is 0.678. The number of fused-ring (bicyclic) bond motifs is 2. The van der Waals surface area contributed by atoms with Gasteiger partial charge < -0.3 is 9.47 Å². The van der Waals surface area contributed by atoms with E-state index in [0.717, 1.165) is 31.7 Å². The Hall–Kier alpha value is -1.13. The summed E-state index contributed by atoms with van der Waals surface area (Å²) in [5.41, 5.74) is 0. The maximum atomic E-state index is 5.59. The van der Waals surface area contributed by atoms with Crippen LogP contribution in [0.5, 0.6) is 11.5 Å². The molecule has 2 heterocycles. The minimum atomic E-state index is 0.162. The topological polar surface area (TPSA) is 18.5 Å². The number of hydrogen-bond acceptors (Lipinski definition) is 4. The maximum Gasteiger partial charge on any atom is 0.144 e. The normalized spacial score (nSPS) is 11.1. The molecule has 86 valence electrons. The Morgan fingerprint density at radius 2 is 1.28 bits per heavy atom. The van der Waals surface area contributed by atoms with E-state index in [0.29, 0.717) is 0 Å². The van der Waals surface area contributed by atoms with Crippen molar-refractivity contribution in [1.82, 2.24) is 0 Å². The lowest BCUT2D eigenvalue weighted by Crippen LogP contribution is -1.99. The molecule has 0 aliphatic carbocycles. The average molecular weight is 270 g/mol. The van der Waals surface area contributed by atoms with Crippen molar-refractivity contribution in [3.05, 3.63) is 22.9 Å². The molecular formula is C12H8B2O2S2. The van der Waals surface area contributed by atoms with Crippen LogP contribution in [0.25, 0.3) is 20.2 Å². The molecule has 0 bridgehead atoms. The minimum absolute atomic E-state index is 0.162. The fourth-order valence-corrected chi connectivity index (χ4v) is 3.83. The molecule has 6 heteroatoms. The van der Waals surface area contributed by atoms with Crippen molar-refractivity contribution in [3.8, 4) is 11.5 Å². The first-order chi connectivity index (χ1) is 8.86. The molecule has 3 aromatic rings. The van der Waals surface area contributed by atoms with Crippen LogP contribution < -0.4 is 9.47 Å². The zero-order chi connectivity index (χ0) is 12.5. The smallest absolute Gasteiger partial charge is 0.144 e. The monoisotopic (exact) mass is 270 g/mol. The van der Waals surface area contributed by atoms with Gasteiger partial charge in [0.2, 0.25) is 0 Å². The van der Waals surface area contributed by atoms with Crippen LogP contribution in [0.15, 0.2) is 22.9 Å². The number of hydrogen-bond donors (Lipinski definition) is 0. The molecule has 3 rings (SSSR count). The van der Waals surface area contributed by atoms with Crippen molar-refractivity contribution in [2.24, 2.45) is 0 Å². The van der Waals surface area contributed by atoms with E-state index in [1.165, 1.54) is 0 Å². The molecule has 0 saturated carbocycles. The number of benzene rings is 1. The third-order valence-electron chi connectivity index (χ3n) is 2.69. The van der Waals surface area contributed by atoms with Crippen LogP contribution in [0, 0.1) is 0 Å². The molecule has 0 aliphatic rings. The SMILES string of the molecule is [B]COc1c2ccsc2c(OC[B])c2ccsc12. The predicted molar refractivity (Wildman–Crippen MR) is 79.7 cm³/mol. The molecular weight excluding hydrogens is 262 g/mol. The molecule has 2 nitrogen and oxygen atoms in total. The van der Waals surface area contributed by atoms with Gasteiger partial charge in [-0.05, 0) is 22.9 Å². The molecule has 0 fully saturated rings. The van der Waals surface area contributed by atoms with E-state index in [4.69, 9.17) is 25.2 Å². The van der Waals surface area contributed by atoms with Crippen molar-refractivity contribution in [1.29, 1.82) is 0 Å². The lowest BCUT2D eigenvalue weighted by Gasteiger charge is -2.12. The van der Waals surface area contributed by atoms with E-state index in [9.17, 15) is 0 Å². The summed E-state index contributed by atoms with van der Waals surface area (Å²) in [6, 6.07) is 4.04. The number of rotatable bonds is 4. The van der Waals surface area contributed by atoms with Crippen LogP contribution in [0.2, 0.25) is 0 Å². The van der Waals surface area contributed by atoms with Crippen molar-refractivity contribution >= 4 is 58.5 Å². The minimum Gasteiger partial charge on any atom is -0.501 e. The van der Waals surface area contributed by atoms with Gasteiger partial charge in [-0.2, -0.15) is 0 Å². The third-order valence-corrected chi connectivity index (χ3v) is 4.51. The van der Waals surface area contributed by atoms with Crippen LogP contribution in [0.4, 0.5) is 0 Å². The van der Waals surface area contributed by atoms with E-state index in [1.807, 2.05) is 22.9 Å². The Labute approximate surface area is 115 Å². The number of thiophene rings is 2. The van der Waals surface area contributed by atoms with E-state index in [-0.39, 0.29) is 13.0 Å². The third kappa shape index (κ3) is 1.71. The molecule has 0 unspecified atom stereocenters. The lowest BCUT2D eigenvalue weighted by molar-refractivity contribution is 0.391. The van der Waals surface area contributed by atoms with Gasteiger partial charge in [0, 0.05) is 23.8 Å². The molecule has 18 heavy (non-hydrogen) atoms. The van der Waals surface area contributed by atoms with Gasteiger partial charge in [-0.15, -0.1) is 22.7 Å². The second-order valence-corrected chi connectivity index (χ2v) is 5.44. The van der Waals surface area contributed by atoms with E-state index in [2.05, 4.69) is 0 Å². The van der Waals surface area contributed by atoms with Gasteiger partial charge in [-0.3, -0.25) is 0 Å².